The molecule has 0 bridgehead atoms. The molecule has 0 radical (unpaired) electrons. The van der Waals surface area contributed by atoms with Gasteiger partial charge in [0, 0.05) is 34.8 Å². The molecule has 0 fully saturated rings. The molecule has 0 aliphatic rings. The summed E-state index contributed by atoms with van der Waals surface area (Å²) in [5, 5.41) is 4.51. The number of aryl methyl sites for hydroxylation is 1. The molecule has 5 heteroatoms. The van der Waals surface area contributed by atoms with E-state index in [-0.39, 0.29) is 0 Å². The van der Waals surface area contributed by atoms with E-state index < -0.39 is 0 Å². The van der Waals surface area contributed by atoms with Crippen molar-refractivity contribution in [2.75, 3.05) is 0 Å². The third-order valence-electron chi connectivity index (χ3n) is 3.95. The van der Waals surface area contributed by atoms with Crippen molar-refractivity contribution in [3.8, 4) is 22.4 Å². The first kappa shape index (κ1) is 14.3. The second-order valence-corrected chi connectivity index (χ2v) is 5.52. The van der Waals surface area contributed by atoms with Crippen molar-refractivity contribution >= 4 is 11.9 Å². The molecule has 0 atom stereocenters. The van der Waals surface area contributed by atoms with E-state index in [1.807, 2.05) is 43.3 Å². The smallest absolute Gasteiger partial charge is 0.163 e. The van der Waals surface area contributed by atoms with E-state index in [1.165, 1.54) is 0 Å². The topological polar surface area (TPSA) is 60.2 Å². The Bertz CT molecular complexity index is 1040. The maximum atomic E-state index is 11.4. The average molecular weight is 314 g/mol. The van der Waals surface area contributed by atoms with Crippen LogP contribution in [0.4, 0.5) is 0 Å². The molecule has 3 heterocycles. The zero-order valence-corrected chi connectivity index (χ0v) is 13.0. The molecule has 0 amide bonds. The predicted octanol–water partition coefficient (Wildman–Crippen LogP) is 3.58. The first-order valence-corrected chi connectivity index (χ1v) is 7.58. The number of pyridine rings is 1. The van der Waals surface area contributed by atoms with Gasteiger partial charge in [-0.05, 0) is 30.7 Å². The van der Waals surface area contributed by atoms with E-state index >= 15 is 0 Å². The van der Waals surface area contributed by atoms with Crippen LogP contribution in [-0.2, 0) is 0 Å². The van der Waals surface area contributed by atoms with Crippen LogP contribution in [0.3, 0.4) is 0 Å². The summed E-state index contributed by atoms with van der Waals surface area (Å²) in [6.45, 7) is 1.95. The summed E-state index contributed by atoms with van der Waals surface area (Å²) >= 11 is 0. The van der Waals surface area contributed by atoms with Crippen LogP contribution < -0.4 is 0 Å². The fourth-order valence-corrected chi connectivity index (χ4v) is 2.85. The van der Waals surface area contributed by atoms with Gasteiger partial charge in [0.25, 0.3) is 0 Å². The summed E-state index contributed by atoms with van der Waals surface area (Å²) in [4.78, 5) is 20.1. The lowest BCUT2D eigenvalue weighted by Crippen LogP contribution is -1.98. The molecular weight excluding hydrogens is 300 g/mol. The Hall–Kier alpha value is -3.34. The fraction of sp³-hybridized carbons (Fsp3) is 0.0526. The molecule has 24 heavy (non-hydrogen) atoms. The number of benzene rings is 1. The van der Waals surface area contributed by atoms with Crippen LogP contribution >= 0.6 is 0 Å². The fourth-order valence-electron chi connectivity index (χ4n) is 2.85. The van der Waals surface area contributed by atoms with Crippen LogP contribution in [0.5, 0.6) is 0 Å². The van der Waals surface area contributed by atoms with Crippen LogP contribution in [0.2, 0.25) is 0 Å². The molecule has 4 rings (SSSR count). The Labute approximate surface area is 138 Å². The molecule has 5 nitrogen and oxygen atoms in total. The highest BCUT2D eigenvalue weighted by Crippen LogP contribution is 2.29. The minimum absolute atomic E-state index is 0.626. The van der Waals surface area contributed by atoms with Gasteiger partial charge in [0.2, 0.25) is 0 Å². The molecule has 0 N–H and O–H groups in total. The molecular formula is C19H14N4O. The molecule has 0 saturated heterocycles. The predicted molar refractivity (Wildman–Crippen MR) is 91.8 cm³/mol. The molecule has 116 valence electrons. The summed E-state index contributed by atoms with van der Waals surface area (Å²) in [7, 11) is 0. The number of aromatic nitrogens is 4. The summed E-state index contributed by atoms with van der Waals surface area (Å²) in [6.07, 6.45) is 6.12. The maximum absolute atomic E-state index is 11.4. The molecule has 0 spiro atoms. The van der Waals surface area contributed by atoms with Crippen molar-refractivity contribution in [1.82, 2.24) is 19.6 Å². The van der Waals surface area contributed by atoms with Crippen molar-refractivity contribution in [2.24, 2.45) is 0 Å². The number of fused-ring (bicyclic) bond motifs is 1. The summed E-state index contributed by atoms with van der Waals surface area (Å²) in [5.41, 5.74) is 5.88. The van der Waals surface area contributed by atoms with Crippen LogP contribution in [0.1, 0.15) is 16.1 Å². The highest BCUT2D eigenvalue weighted by molar-refractivity contribution is 5.91. The number of hydrogen-bond donors (Lipinski definition) is 0. The number of rotatable bonds is 3. The highest BCUT2D eigenvalue weighted by atomic mass is 16.1. The van der Waals surface area contributed by atoms with Crippen molar-refractivity contribution in [3.05, 3.63) is 72.3 Å². The van der Waals surface area contributed by atoms with Gasteiger partial charge in [0.1, 0.15) is 0 Å². The van der Waals surface area contributed by atoms with Crippen LogP contribution in [0.25, 0.3) is 28.0 Å². The molecule has 0 saturated carbocycles. The molecule has 1 aromatic carbocycles. The van der Waals surface area contributed by atoms with Crippen molar-refractivity contribution in [1.29, 1.82) is 0 Å². The lowest BCUT2D eigenvalue weighted by atomic mass is 10.0. The Morgan fingerprint density at radius 1 is 1.04 bits per heavy atom. The zero-order valence-electron chi connectivity index (χ0n) is 13.0. The van der Waals surface area contributed by atoms with Gasteiger partial charge in [0.15, 0.2) is 11.9 Å². The van der Waals surface area contributed by atoms with Crippen molar-refractivity contribution < 1.29 is 4.79 Å². The van der Waals surface area contributed by atoms with Gasteiger partial charge in [-0.25, -0.2) is 9.50 Å². The van der Waals surface area contributed by atoms with Gasteiger partial charge in [-0.3, -0.25) is 9.78 Å². The first-order chi connectivity index (χ1) is 11.8. The quantitative estimate of drug-likeness (QED) is 0.542. The van der Waals surface area contributed by atoms with Crippen LogP contribution in [-0.4, -0.2) is 25.9 Å². The second kappa shape index (κ2) is 5.70. The third kappa shape index (κ3) is 2.27. The SMILES string of the molecule is Cc1cc(-c2ccncc2)n2ncc(-c3ccccc3C=O)c2n1. The summed E-state index contributed by atoms with van der Waals surface area (Å²) < 4.78 is 1.80. The van der Waals surface area contributed by atoms with E-state index in [4.69, 9.17) is 0 Å². The Balaban J connectivity index is 2.01. The van der Waals surface area contributed by atoms with Crippen LogP contribution in [0, 0.1) is 6.92 Å². The minimum Gasteiger partial charge on any atom is -0.298 e. The number of carbonyl (C=O) groups is 1. The Kier molecular flexibility index (Phi) is 3.39. The second-order valence-electron chi connectivity index (χ2n) is 5.52. The van der Waals surface area contributed by atoms with Gasteiger partial charge in [0.05, 0.1) is 11.9 Å². The zero-order chi connectivity index (χ0) is 16.5. The maximum Gasteiger partial charge on any atom is 0.163 e. The van der Waals surface area contributed by atoms with E-state index in [0.717, 1.165) is 40.0 Å². The average Bonchev–Trinajstić information content (AvgIpc) is 3.05. The molecule has 0 aliphatic heterocycles. The highest BCUT2D eigenvalue weighted by Gasteiger charge is 2.15. The standard InChI is InChI=1S/C19H14N4O/c1-13-10-18(14-6-8-20-9-7-14)23-19(22-13)17(11-21-23)16-5-3-2-4-15(16)12-24/h2-12H,1H3. The number of nitrogens with zero attached hydrogens (tertiary/aromatic N) is 4. The normalized spacial score (nSPS) is 10.9. The number of hydrogen-bond acceptors (Lipinski definition) is 4. The minimum atomic E-state index is 0.626. The van der Waals surface area contributed by atoms with E-state index in [9.17, 15) is 4.79 Å². The Morgan fingerprint density at radius 3 is 2.62 bits per heavy atom. The van der Waals surface area contributed by atoms with Crippen molar-refractivity contribution in [3.63, 3.8) is 0 Å². The van der Waals surface area contributed by atoms with Gasteiger partial charge >= 0.3 is 0 Å². The molecule has 0 unspecified atom stereocenters. The Morgan fingerprint density at radius 2 is 1.83 bits per heavy atom. The van der Waals surface area contributed by atoms with Crippen molar-refractivity contribution in [2.45, 2.75) is 6.92 Å². The molecule has 4 aromatic rings. The first-order valence-electron chi connectivity index (χ1n) is 7.58. The number of aldehydes is 1. The molecule has 0 aliphatic carbocycles. The van der Waals surface area contributed by atoms with Gasteiger partial charge in [-0.15, -0.1) is 0 Å². The summed E-state index contributed by atoms with van der Waals surface area (Å²) in [6, 6.07) is 13.3. The summed E-state index contributed by atoms with van der Waals surface area (Å²) in [5.74, 6) is 0. The van der Waals surface area contributed by atoms with E-state index in [0.29, 0.717) is 5.56 Å². The monoisotopic (exact) mass is 314 g/mol. The van der Waals surface area contributed by atoms with E-state index in [1.54, 1.807) is 29.2 Å². The number of carbonyl (C=O) groups excluding carboxylic acids is 1. The lowest BCUT2D eigenvalue weighted by Gasteiger charge is -2.07. The van der Waals surface area contributed by atoms with Gasteiger partial charge in [-0.2, -0.15) is 5.10 Å². The van der Waals surface area contributed by atoms with Gasteiger partial charge < -0.3 is 0 Å². The third-order valence-corrected chi connectivity index (χ3v) is 3.95. The van der Waals surface area contributed by atoms with E-state index in [2.05, 4.69) is 15.1 Å². The molecule has 3 aromatic heterocycles. The lowest BCUT2D eigenvalue weighted by molar-refractivity contribution is 0.112. The van der Waals surface area contributed by atoms with Gasteiger partial charge in [-0.1, -0.05) is 24.3 Å². The largest absolute Gasteiger partial charge is 0.298 e. The van der Waals surface area contributed by atoms with Crippen LogP contribution in [0.15, 0.2) is 61.1 Å².